The van der Waals surface area contributed by atoms with Gasteiger partial charge in [0.2, 0.25) is 0 Å². The molecule has 0 aromatic heterocycles. The van der Waals surface area contributed by atoms with Crippen LogP contribution in [0.3, 0.4) is 0 Å². The minimum Gasteiger partial charge on any atom is -0.478 e. The van der Waals surface area contributed by atoms with Crippen molar-refractivity contribution < 1.29 is 24.9 Å². The average molecular weight is 398 g/mol. The van der Waals surface area contributed by atoms with Crippen molar-refractivity contribution in [2.24, 2.45) is 5.92 Å². The van der Waals surface area contributed by atoms with Crippen LogP contribution in [0, 0.1) is 5.92 Å². The average Bonchev–Trinajstić information content (AvgIpc) is 2.72. The molecule has 5 nitrogen and oxygen atoms in total. The normalized spacial score (nSPS) is 20.5. The van der Waals surface area contributed by atoms with Gasteiger partial charge in [-0.25, -0.2) is 4.79 Å². The molecule has 3 unspecified atom stereocenters. The number of rotatable bonds is 4. The van der Waals surface area contributed by atoms with Crippen molar-refractivity contribution in [3.63, 3.8) is 0 Å². The van der Waals surface area contributed by atoms with E-state index in [0.717, 1.165) is 18.1 Å². The zero-order valence-corrected chi connectivity index (χ0v) is 17.6. The number of aromatic carboxylic acids is 1. The molecule has 3 atom stereocenters. The van der Waals surface area contributed by atoms with Crippen molar-refractivity contribution in [1.82, 2.24) is 0 Å². The van der Waals surface area contributed by atoms with Crippen LogP contribution in [-0.4, -0.2) is 27.1 Å². The maximum absolute atomic E-state index is 13.0. The van der Waals surface area contributed by atoms with E-state index >= 15 is 0 Å². The summed E-state index contributed by atoms with van der Waals surface area (Å²) in [5.41, 5.74) is 2.83. The van der Waals surface area contributed by atoms with Gasteiger partial charge in [0, 0.05) is 16.7 Å². The number of aliphatic hydroxyl groups excluding tert-OH is 1. The van der Waals surface area contributed by atoms with Gasteiger partial charge in [-0.05, 0) is 59.6 Å². The summed E-state index contributed by atoms with van der Waals surface area (Å²) < 4.78 is 0. The van der Waals surface area contributed by atoms with Gasteiger partial charge in [0.1, 0.15) is 0 Å². The van der Waals surface area contributed by atoms with Crippen molar-refractivity contribution in [3.8, 4) is 0 Å². The van der Waals surface area contributed by atoms with Gasteiger partial charge in [-0.3, -0.25) is 4.79 Å². The minimum atomic E-state index is -1.85. The molecule has 0 amide bonds. The number of carbonyl (C=O) groups is 2. The molecule has 156 valence electrons. The van der Waals surface area contributed by atoms with Gasteiger partial charge in [-0.15, -0.1) is 0 Å². The van der Waals surface area contributed by atoms with Gasteiger partial charge >= 0.3 is 5.97 Å². The van der Waals surface area contributed by atoms with E-state index in [1.807, 2.05) is 26.0 Å². The third-order valence-electron chi connectivity index (χ3n) is 5.71. The molecule has 29 heavy (non-hydrogen) atoms. The fourth-order valence-electron chi connectivity index (χ4n) is 3.98. The summed E-state index contributed by atoms with van der Waals surface area (Å²) in [7, 11) is 0. The van der Waals surface area contributed by atoms with E-state index in [4.69, 9.17) is 0 Å². The standard InChI is InChI=1S/C22H24O5.C2H6/c1-11-6-12(2)18-5-4-14(10-19(18)13(11)3)20(23)15-7-16(21(24)25)9-17(8-15)22(26)27;1-2/h4-5,7-13,21,24-25H,6H2,1-3H3,(H,26,27);1-2H3. The van der Waals surface area contributed by atoms with Crippen LogP contribution < -0.4 is 0 Å². The first-order valence-electron chi connectivity index (χ1n) is 10.1. The lowest BCUT2D eigenvalue weighted by molar-refractivity contribution is -0.0425. The first kappa shape index (κ1) is 22.8. The number of hydrogen-bond acceptors (Lipinski definition) is 4. The quantitative estimate of drug-likeness (QED) is 0.504. The lowest BCUT2D eigenvalue weighted by atomic mass is 9.72. The number of carboxylic acid groups (broad SMARTS) is 1. The number of carboxylic acids is 1. The SMILES string of the molecule is CC.CC1CC(C)C(C)c2cc(C(=O)c3cc(C(=O)O)cc(C(O)O)c3)ccc21. The van der Waals surface area contributed by atoms with E-state index in [-0.39, 0.29) is 22.5 Å². The molecule has 3 rings (SSSR count). The number of fused-ring (bicyclic) bond motifs is 1. The molecule has 5 heteroatoms. The van der Waals surface area contributed by atoms with Crippen molar-refractivity contribution >= 4 is 11.8 Å². The van der Waals surface area contributed by atoms with Crippen LogP contribution in [0.2, 0.25) is 0 Å². The summed E-state index contributed by atoms with van der Waals surface area (Å²) in [6.45, 7) is 10.6. The van der Waals surface area contributed by atoms with E-state index in [0.29, 0.717) is 23.3 Å². The lowest BCUT2D eigenvalue weighted by Crippen LogP contribution is -2.19. The Kier molecular flexibility index (Phi) is 7.33. The summed E-state index contributed by atoms with van der Waals surface area (Å²) in [4.78, 5) is 24.3. The topological polar surface area (TPSA) is 94.8 Å². The maximum atomic E-state index is 13.0. The number of aliphatic hydroxyl groups is 2. The molecule has 0 saturated heterocycles. The first-order valence-corrected chi connectivity index (χ1v) is 10.1. The molecule has 0 heterocycles. The van der Waals surface area contributed by atoms with E-state index in [1.54, 1.807) is 6.07 Å². The second-order valence-electron chi connectivity index (χ2n) is 7.60. The fraction of sp³-hybridized carbons (Fsp3) is 0.417. The van der Waals surface area contributed by atoms with Crippen molar-refractivity contribution in [2.75, 3.05) is 0 Å². The Balaban J connectivity index is 0.00000145. The van der Waals surface area contributed by atoms with Crippen LogP contribution in [-0.2, 0) is 0 Å². The van der Waals surface area contributed by atoms with Gasteiger partial charge in [0.15, 0.2) is 12.1 Å². The van der Waals surface area contributed by atoms with E-state index in [2.05, 4.69) is 20.8 Å². The molecular weight excluding hydrogens is 368 g/mol. The molecule has 3 N–H and O–H groups in total. The fourth-order valence-corrected chi connectivity index (χ4v) is 3.98. The number of carbonyl (C=O) groups excluding carboxylic acids is 1. The molecule has 0 fully saturated rings. The van der Waals surface area contributed by atoms with E-state index in [1.165, 1.54) is 17.7 Å². The molecule has 0 aliphatic heterocycles. The molecule has 2 aromatic rings. The third kappa shape index (κ3) is 4.74. The number of benzene rings is 2. The Morgan fingerprint density at radius 2 is 1.52 bits per heavy atom. The monoisotopic (exact) mass is 398 g/mol. The van der Waals surface area contributed by atoms with Gasteiger partial charge in [0.25, 0.3) is 0 Å². The Morgan fingerprint density at radius 3 is 2.10 bits per heavy atom. The number of ketones is 1. The molecule has 0 bridgehead atoms. The van der Waals surface area contributed by atoms with Crippen LogP contribution >= 0.6 is 0 Å². The predicted octanol–water partition coefficient (Wildman–Crippen LogP) is 4.87. The highest BCUT2D eigenvalue weighted by molar-refractivity contribution is 6.10. The zero-order chi connectivity index (χ0) is 21.9. The lowest BCUT2D eigenvalue weighted by Gasteiger charge is -2.33. The van der Waals surface area contributed by atoms with Crippen LogP contribution in [0.1, 0.15) is 102 Å². The molecule has 0 spiro atoms. The van der Waals surface area contributed by atoms with Crippen LogP contribution in [0.15, 0.2) is 36.4 Å². The molecule has 0 saturated carbocycles. The maximum Gasteiger partial charge on any atom is 0.335 e. The van der Waals surface area contributed by atoms with Crippen molar-refractivity contribution in [2.45, 2.75) is 59.2 Å². The van der Waals surface area contributed by atoms with Crippen LogP contribution in [0.25, 0.3) is 0 Å². The van der Waals surface area contributed by atoms with Crippen molar-refractivity contribution in [3.05, 3.63) is 69.8 Å². The van der Waals surface area contributed by atoms with Gasteiger partial charge in [-0.2, -0.15) is 0 Å². The summed E-state index contributed by atoms with van der Waals surface area (Å²) in [5.74, 6) is -0.274. The zero-order valence-electron chi connectivity index (χ0n) is 17.6. The highest BCUT2D eigenvalue weighted by Crippen LogP contribution is 2.42. The largest absolute Gasteiger partial charge is 0.478 e. The number of hydrogen-bond donors (Lipinski definition) is 3. The van der Waals surface area contributed by atoms with E-state index in [9.17, 15) is 24.9 Å². The third-order valence-corrected chi connectivity index (χ3v) is 5.71. The Labute approximate surface area is 172 Å². The Bertz CT molecular complexity index is 900. The highest BCUT2D eigenvalue weighted by Gasteiger charge is 2.28. The predicted molar refractivity (Wildman–Crippen MR) is 112 cm³/mol. The smallest absolute Gasteiger partial charge is 0.335 e. The van der Waals surface area contributed by atoms with Crippen LogP contribution in [0.5, 0.6) is 0 Å². The summed E-state index contributed by atoms with van der Waals surface area (Å²) in [5, 5.41) is 28.1. The first-order chi connectivity index (χ1) is 13.7. The molecule has 0 radical (unpaired) electrons. The second-order valence-corrected chi connectivity index (χ2v) is 7.60. The summed E-state index contributed by atoms with van der Waals surface area (Å²) >= 11 is 0. The molecule has 1 aliphatic carbocycles. The Hall–Kier alpha value is -2.50. The highest BCUT2D eigenvalue weighted by atomic mass is 16.5. The molecular formula is C24H30O5. The molecule has 1 aliphatic rings. The summed E-state index contributed by atoms with van der Waals surface area (Å²) in [6, 6.07) is 9.40. The van der Waals surface area contributed by atoms with Crippen LogP contribution in [0.4, 0.5) is 0 Å². The van der Waals surface area contributed by atoms with Crippen molar-refractivity contribution in [1.29, 1.82) is 0 Å². The van der Waals surface area contributed by atoms with Gasteiger partial charge in [0.05, 0.1) is 5.56 Å². The minimum absolute atomic E-state index is 0.0215. The van der Waals surface area contributed by atoms with E-state index < -0.39 is 12.3 Å². The second kappa shape index (κ2) is 9.33. The Morgan fingerprint density at radius 1 is 0.897 bits per heavy atom. The molecule has 2 aromatic carbocycles. The summed E-state index contributed by atoms with van der Waals surface area (Å²) in [6.07, 6.45) is -0.735. The van der Waals surface area contributed by atoms with Gasteiger partial charge < -0.3 is 15.3 Å². The van der Waals surface area contributed by atoms with Gasteiger partial charge in [-0.1, -0.05) is 46.8 Å².